The van der Waals surface area contributed by atoms with Crippen LogP contribution in [0.3, 0.4) is 0 Å². The Morgan fingerprint density at radius 2 is 1.88 bits per heavy atom. The standard InChI is InChI=1S/C20H20N2O3/c1-13(23)22-12-19(25-18-9-5-4-8-17(18)22)20(24)21-16-11-10-14-6-2-3-7-15(14)16/h2-9,16,19H,10-12H2,1H3,(H,21,24)/t16-,19+/m0/s1. The van der Waals surface area contributed by atoms with Crippen molar-refractivity contribution in [3.8, 4) is 5.75 Å². The molecule has 1 heterocycles. The predicted octanol–water partition coefficient (Wildman–Crippen LogP) is 2.60. The first-order chi connectivity index (χ1) is 12.1. The van der Waals surface area contributed by atoms with Crippen molar-refractivity contribution < 1.29 is 14.3 Å². The second-order valence-electron chi connectivity index (χ2n) is 6.50. The lowest BCUT2D eigenvalue weighted by molar-refractivity contribution is -0.129. The number of para-hydroxylation sites is 2. The molecule has 0 saturated heterocycles. The molecular formula is C20H20N2O3. The minimum atomic E-state index is -0.702. The van der Waals surface area contributed by atoms with Crippen LogP contribution in [0.5, 0.6) is 5.75 Å². The van der Waals surface area contributed by atoms with E-state index in [0.717, 1.165) is 12.8 Å². The summed E-state index contributed by atoms with van der Waals surface area (Å²) in [5.41, 5.74) is 3.17. The number of hydrogen-bond donors (Lipinski definition) is 1. The summed E-state index contributed by atoms with van der Waals surface area (Å²) in [6, 6.07) is 15.5. The van der Waals surface area contributed by atoms with Gasteiger partial charge in [-0.15, -0.1) is 0 Å². The lowest BCUT2D eigenvalue weighted by Gasteiger charge is -2.34. The minimum Gasteiger partial charge on any atom is -0.477 e. The minimum absolute atomic E-state index is 0.00949. The fourth-order valence-corrected chi connectivity index (χ4v) is 3.64. The third kappa shape index (κ3) is 2.86. The predicted molar refractivity (Wildman–Crippen MR) is 94.5 cm³/mol. The Balaban J connectivity index is 1.53. The molecule has 2 amide bonds. The highest BCUT2D eigenvalue weighted by atomic mass is 16.5. The first-order valence-electron chi connectivity index (χ1n) is 8.55. The molecule has 2 aromatic rings. The van der Waals surface area contributed by atoms with Gasteiger partial charge < -0.3 is 15.0 Å². The number of fused-ring (bicyclic) bond motifs is 2. The smallest absolute Gasteiger partial charge is 0.263 e. The third-order valence-corrected chi connectivity index (χ3v) is 4.90. The summed E-state index contributed by atoms with van der Waals surface area (Å²) in [5.74, 6) is 0.290. The second-order valence-corrected chi connectivity index (χ2v) is 6.50. The molecule has 25 heavy (non-hydrogen) atoms. The van der Waals surface area contributed by atoms with Gasteiger partial charge in [-0.2, -0.15) is 0 Å². The van der Waals surface area contributed by atoms with Gasteiger partial charge in [-0.25, -0.2) is 0 Å². The number of nitrogens with zero attached hydrogens (tertiary/aromatic N) is 1. The average Bonchev–Trinajstić information content (AvgIpc) is 3.03. The van der Waals surface area contributed by atoms with Gasteiger partial charge in [-0.05, 0) is 36.1 Å². The maximum Gasteiger partial charge on any atom is 0.263 e. The molecule has 128 valence electrons. The van der Waals surface area contributed by atoms with E-state index in [2.05, 4.69) is 17.4 Å². The molecule has 0 radical (unpaired) electrons. The molecule has 0 aromatic heterocycles. The maximum atomic E-state index is 12.8. The highest BCUT2D eigenvalue weighted by Gasteiger charge is 2.34. The number of amides is 2. The van der Waals surface area contributed by atoms with E-state index >= 15 is 0 Å². The van der Waals surface area contributed by atoms with Gasteiger partial charge in [0, 0.05) is 6.92 Å². The van der Waals surface area contributed by atoms with Gasteiger partial charge >= 0.3 is 0 Å². The van der Waals surface area contributed by atoms with E-state index in [0.29, 0.717) is 11.4 Å². The van der Waals surface area contributed by atoms with Crippen LogP contribution in [-0.2, 0) is 16.0 Å². The topological polar surface area (TPSA) is 58.6 Å². The molecule has 0 spiro atoms. The quantitative estimate of drug-likeness (QED) is 0.917. The molecule has 5 nitrogen and oxygen atoms in total. The first kappa shape index (κ1) is 15.7. The second kappa shape index (κ2) is 6.24. The zero-order chi connectivity index (χ0) is 17.4. The van der Waals surface area contributed by atoms with E-state index in [9.17, 15) is 9.59 Å². The lowest BCUT2D eigenvalue weighted by atomic mass is 10.1. The number of rotatable bonds is 2. The van der Waals surface area contributed by atoms with Crippen molar-refractivity contribution >= 4 is 17.5 Å². The molecule has 0 saturated carbocycles. The van der Waals surface area contributed by atoms with Gasteiger partial charge in [-0.1, -0.05) is 36.4 Å². The summed E-state index contributed by atoms with van der Waals surface area (Å²) in [4.78, 5) is 26.3. The van der Waals surface area contributed by atoms with Gasteiger partial charge in [0.05, 0.1) is 18.3 Å². The van der Waals surface area contributed by atoms with E-state index in [4.69, 9.17) is 4.74 Å². The van der Waals surface area contributed by atoms with Crippen LogP contribution in [0, 0.1) is 0 Å². The Morgan fingerprint density at radius 3 is 2.72 bits per heavy atom. The van der Waals surface area contributed by atoms with Gasteiger partial charge in [0.25, 0.3) is 5.91 Å². The molecule has 2 atom stereocenters. The molecule has 2 aromatic carbocycles. The largest absolute Gasteiger partial charge is 0.477 e. The Hall–Kier alpha value is -2.82. The summed E-state index contributed by atoms with van der Waals surface area (Å²) < 4.78 is 5.87. The molecule has 1 aliphatic carbocycles. The summed E-state index contributed by atoms with van der Waals surface area (Å²) in [7, 11) is 0. The normalized spacial score (nSPS) is 21.1. The fourth-order valence-electron chi connectivity index (χ4n) is 3.64. The van der Waals surface area contributed by atoms with Crippen molar-refractivity contribution in [2.75, 3.05) is 11.4 Å². The third-order valence-electron chi connectivity index (χ3n) is 4.90. The lowest BCUT2D eigenvalue weighted by Crippen LogP contribution is -2.50. The van der Waals surface area contributed by atoms with Gasteiger partial charge in [0.15, 0.2) is 6.10 Å². The summed E-state index contributed by atoms with van der Waals surface area (Å²) in [6.45, 7) is 1.73. The molecule has 5 heteroatoms. The molecule has 0 fully saturated rings. The average molecular weight is 336 g/mol. The summed E-state index contributed by atoms with van der Waals surface area (Å²) >= 11 is 0. The van der Waals surface area contributed by atoms with Crippen LogP contribution in [0.25, 0.3) is 0 Å². The number of anilines is 1. The van der Waals surface area contributed by atoms with Crippen LogP contribution < -0.4 is 15.0 Å². The van der Waals surface area contributed by atoms with Crippen LogP contribution in [0.4, 0.5) is 5.69 Å². The highest BCUT2D eigenvalue weighted by molar-refractivity contribution is 5.96. The van der Waals surface area contributed by atoms with Crippen molar-refractivity contribution in [3.63, 3.8) is 0 Å². The number of benzene rings is 2. The van der Waals surface area contributed by atoms with Crippen LogP contribution in [0.1, 0.15) is 30.5 Å². The van der Waals surface area contributed by atoms with Gasteiger partial charge in [0.2, 0.25) is 5.91 Å². The van der Waals surface area contributed by atoms with E-state index in [1.807, 2.05) is 30.3 Å². The fraction of sp³-hybridized carbons (Fsp3) is 0.300. The van der Waals surface area contributed by atoms with Crippen LogP contribution in [0.2, 0.25) is 0 Å². The molecule has 1 aliphatic heterocycles. The number of aryl methyl sites for hydroxylation is 1. The van der Waals surface area contributed by atoms with Crippen molar-refractivity contribution in [1.29, 1.82) is 0 Å². The van der Waals surface area contributed by atoms with Crippen LogP contribution >= 0.6 is 0 Å². The molecule has 0 unspecified atom stereocenters. The SMILES string of the molecule is CC(=O)N1C[C@H](C(=O)N[C@H]2CCc3ccccc32)Oc2ccccc21. The van der Waals surface area contributed by atoms with E-state index < -0.39 is 6.10 Å². The highest BCUT2D eigenvalue weighted by Crippen LogP contribution is 2.34. The number of hydrogen-bond acceptors (Lipinski definition) is 3. The van der Waals surface area contributed by atoms with Crippen LogP contribution in [0.15, 0.2) is 48.5 Å². The molecule has 1 N–H and O–H groups in total. The van der Waals surface area contributed by atoms with Crippen molar-refractivity contribution in [2.24, 2.45) is 0 Å². The monoisotopic (exact) mass is 336 g/mol. The summed E-state index contributed by atoms with van der Waals surface area (Å²) in [5, 5.41) is 3.09. The number of carbonyl (C=O) groups excluding carboxylic acids is 2. The van der Waals surface area contributed by atoms with E-state index in [-0.39, 0.29) is 24.4 Å². The van der Waals surface area contributed by atoms with Crippen molar-refractivity contribution in [2.45, 2.75) is 31.9 Å². The van der Waals surface area contributed by atoms with E-state index in [1.165, 1.54) is 18.1 Å². The number of ether oxygens (including phenoxy) is 1. The summed E-state index contributed by atoms with van der Waals surface area (Å²) in [6.07, 6.45) is 1.16. The molecule has 0 bridgehead atoms. The Bertz CT molecular complexity index is 833. The zero-order valence-electron chi connectivity index (χ0n) is 14.1. The Morgan fingerprint density at radius 1 is 1.12 bits per heavy atom. The van der Waals surface area contributed by atoms with Gasteiger partial charge in [-0.3, -0.25) is 9.59 Å². The van der Waals surface area contributed by atoms with Crippen molar-refractivity contribution in [3.05, 3.63) is 59.7 Å². The maximum absolute atomic E-state index is 12.8. The number of carbonyl (C=O) groups is 2. The van der Waals surface area contributed by atoms with E-state index in [1.54, 1.807) is 11.0 Å². The van der Waals surface area contributed by atoms with Crippen molar-refractivity contribution in [1.82, 2.24) is 5.32 Å². The molecule has 2 aliphatic rings. The molecule has 4 rings (SSSR count). The van der Waals surface area contributed by atoms with Crippen LogP contribution in [-0.4, -0.2) is 24.5 Å². The first-order valence-corrected chi connectivity index (χ1v) is 8.55. The Labute approximate surface area is 146 Å². The number of nitrogens with one attached hydrogen (secondary N) is 1. The zero-order valence-corrected chi connectivity index (χ0v) is 14.1. The molecular weight excluding hydrogens is 316 g/mol. The Kier molecular flexibility index (Phi) is 3.92. The van der Waals surface area contributed by atoms with Gasteiger partial charge in [0.1, 0.15) is 5.75 Å².